The van der Waals surface area contributed by atoms with Gasteiger partial charge in [-0.3, -0.25) is 4.68 Å². The van der Waals surface area contributed by atoms with E-state index in [0.717, 1.165) is 12.2 Å². The molecular formula is C10H18N4S2. The lowest BCUT2D eigenvalue weighted by molar-refractivity contribution is 0.527. The van der Waals surface area contributed by atoms with E-state index in [1.807, 2.05) is 18.8 Å². The van der Waals surface area contributed by atoms with E-state index >= 15 is 0 Å². The highest BCUT2D eigenvalue weighted by molar-refractivity contribution is 8.06. The molecule has 1 aromatic heterocycles. The van der Waals surface area contributed by atoms with Crippen LogP contribution in [0.15, 0.2) is 6.33 Å². The molecule has 16 heavy (non-hydrogen) atoms. The zero-order valence-electron chi connectivity index (χ0n) is 9.72. The molecule has 6 heteroatoms. The minimum absolute atomic E-state index is 0.501. The Balaban J connectivity index is 1.97. The average Bonchev–Trinajstić information content (AvgIpc) is 2.73. The Labute approximate surface area is 105 Å². The summed E-state index contributed by atoms with van der Waals surface area (Å²) >= 11 is 4.14. The highest BCUT2D eigenvalue weighted by Crippen LogP contribution is 2.27. The fraction of sp³-hybridized carbons (Fsp3) is 0.800. The minimum Gasteiger partial charge on any atom is -0.315 e. The lowest BCUT2D eigenvalue weighted by Gasteiger charge is -2.28. The maximum Gasteiger partial charge on any atom is 0.138 e. The molecule has 0 aliphatic carbocycles. The van der Waals surface area contributed by atoms with Gasteiger partial charge in [0.2, 0.25) is 0 Å². The van der Waals surface area contributed by atoms with Crippen LogP contribution in [0.3, 0.4) is 0 Å². The van der Waals surface area contributed by atoms with Gasteiger partial charge in [-0.2, -0.15) is 28.6 Å². The summed E-state index contributed by atoms with van der Waals surface area (Å²) in [6, 6.07) is 0.501. The highest BCUT2D eigenvalue weighted by Gasteiger charge is 2.24. The van der Waals surface area contributed by atoms with Crippen molar-refractivity contribution in [2.75, 3.05) is 24.3 Å². The topological polar surface area (TPSA) is 42.7 Å². The van der Waals surface area contributed by atoms with Crippen molar-refractivity contribution in [3.05, 3.63) is 12.2 Å². The summed E-state index contributed by atoms with van der Waals surface area (Å²) in [6.45, 7) is 0. The van der Waals surface area contributed by atoms with E-state index in [9.17, 15) is 0 Å². The summed E-state index contributed by atoms with van der Waals surface area (Å²) < 4.78 is 1.87. The minimum atomic E-state index is 0.501. The number of nitrogens with one attached hydrogen (secondary N) is 1. The third-order valence-corrected chi connectivity index (χ3v) is 5.79. The van der Waals surface area contributed by atoms with Gasteiger partial charge in [0.25, 0.3) is 0 Å². The molecule has 0 saturated carbocycles. The molecule has 1 N–H and O–H groups in total. The molecule has 0 spiro atoms. The first-order valence-electron chi connectivity index (χ1n) is 5.50. The van der Waals surface area contributed by atoms with Crippen molar-refractivity contribution in [2.45, 2.75) is 17.7 Å². The Bertz CT molecular complexity index is 322. The Morgan fingerprint density at radius 3 is 3.06 bits per heavy atom. The van der Waals surface area contributed by atoms with E-state index in [0.29, 0.717) is 11.3 Å². The van der Waals surface area contributed by atoms with Crippen LogP contribution in [0, 0.1) is 0 Å². The molecule has 1 saturated heterocycles. The van der Waals surface area contributed by atoms with Gasteiger partial charge in [-0.1, -0.05) is 0 Å². The van der Waals surface area contributed by atoms with Crippen molar-refractivity contribution in [3.8, 4) is 0 Å². The van der Waals surface area contributed by atoms with Gasteiger partial charge in [0.15, 0.2) is 0 Å². The molecule has 2 heterocycles. The van der Waals surface area contributed by atoms with E-state index in [-0.39, 0.29) is 0 Å². The van der Waals surface area contributed by atoms with Gasteiger partial charge in [0.05, 0.1) is 0 Å². The van der Waals surface area contributed by atoms with Crippen molar-refractivity contribution in [1.29, 1.82) is 0 Å². The molecule has 0 amide bonds. The van der Waals surface area contributed by atoms with Gasteiger partial charge >= 0.3 is 0 Å². The second-order valence-corrected chi connectivity index (χ2v) is 6.38. The number of nitrogens with zero attached hydrogens (tertiary/aromatic N) is 3. The van der Waals surface area contributed by atoms with E-state index in [4.69, 9.17) is 0 Å². The smallest absolute Gasteiger partial charge is 0.138 e. The van der Waals surface area contributed by atoms with Crippen LogP contribution in [0.1, 0.15) is 5.82 Å². The first-order chi connectivity index (χ1) is 7.81. The molecule has 2 unspecified atom stereocenters. The second-order valence-electron chi connectivity index (χ2n) is 3.88. The molecule has 0 radical (unpaired) electrons. The molecule has 1 aliphatic rings. The molecule has 90 valence electrons. The van der Waals surface area contributed by atoms with E-state index in [1.54, 1.807) is 6.33 Å². The third-order valence-electron chi connectivity index (χ3n) is 2.87. The fourth-order valence-corrected chi connectivity index (χ4v) is 4.79. The number of aryl methyl sites for hydroxylation is 1. The second kappa shape index (κ2) is 5.93. The summed E-state index contributed by atoms with van der Waals surface area (Å²) in [5.41, 5.74) is 0. The summed E-state index contributed by atoms with van der Waals surface area (Å²) in [7, 11) is 4.00. The highest BCUT2D eigenvalue weighted by atomic mass is 32.2. The van der Waals surface area contributed by atoms with Crippen LogP contribution in [0.5, 0.6) is 0 Å². The monoisotopic (exact) mass is 258 g/mol. The Morgan fingerprint density at radius 2 is 2.50 bits per heavy atom. The zero-order chi connectivity index (χ0) is 11.4. The lowest BCUT2D eigenvalue weighted by atomic mass is 10.1. The summed E-state index contributed by atoms with van der Waals surface area (Å²) in [5, 5.41) is 8.23. The zero-order valence-corrected chi connectivity index (χ0v) is 11.4. The van der Waals surface area contributed by atoms with Crippen LogP contribution < -0.4 is 5.32 Å². The van der Waals surface area contributed by atoms with Crippen molar-refractivity contribution in [1.82, 2.24) is 20.1 Å². The van der Waals surface area contributed by atoms with Crippen LogP contribution in [-0.2, 0) is 13.5 Å². The predicted octanol–water partition coefficient (Wildman–Crippen LogP) is 0.794. The predicted molar refractivity (Wildman–Crippen MR) is 71.1 cm³/mol. The Hall–Kier alpha value is -0.200. The first kappa shape index (κ1) is 12.3. The molecule has 2 atom stereocenters. The third kappa shape index (κ3) is 2.93. The van der Waals surface area contributed by atoms with Crippen LogP contribution in [-0.4, -0.2) is 50.4 Å². The average molecular weight is 258 g/mol. The summed E-state index contributed by atoms with van der Waals surface area (Å²) in [6.07, 6.45) is 2.59. The molecule has 0 aromatic carbocycles. The maximum atomic E-state index is 4.29. The standard InChI is InChI=1S/C10H18N4S2/c1-11-8(9-6-15-3-4-16-9)5-10-12-7-13-14(10)2/h7-9,11H,3-6H2,1-2H3. The van der Waals surface area contributed by atoms with Gasteiger partial charge in [-0.05, 0) is 7.05 Å². The molecule has 1 aliphatic heterocycles. The van der Waals surface area contributed by atoms with Crippen molar-refractivity contribution < 1.29 is 0 Å². The first-order valence-corrected chi connectivity index (χ1v) is 7.71. The van der Waals surface area contributed by atoms with Crippen LogP contribution in [0.4, 0.5) is 0 Å². The van der Waals surface area contributed by atoms with E-state index in [1.165, 1.54) is 17.3 Å². The fourth-order valence-electron chi connectivity index (χ4n) is 1.86. The molecule has 1 aromatic rings. The number of hydrogen-bond acceptors (Lipinski definition) is 5. The van der Waals surface area contributed by atoms with Gasteiger partial charge in [0.1, 0.15) is 12.2 Å². The number of thioether (sulfide) groups is 2. The molecule has 4 nitrogen and oxygen atoms in total. The van der Waals surface area contributed by atoms with Gasteiger partial charge in [-0.15, -0.1) is 0 Å². The molecule has 0 bridgehead atoms. The van der Waals surface area contributed by atoms with Crippen LogP contribution in [0.2, 0.25) is 0 Å². The normalized spacial score (nSPS) is 23.2. The van der Waals surface area contributed by atoms with Gasteiger partial charge in [0, 0.05) is 42.0 Å². The van der Waals surface area contributed by atoms with Gasteiger partial charge < -0.3 is 5.32 Å². The van der Waals surface area contributed by atoms with Crippen molar-refractivity contribution in [2.24, 2.45) is 7.05 Å². The van der Waals surface area contributed by atoms with Crippen molar-refractivity contribution >= 4 is 23.5 Å². The summed E-state index contributed by atoms with van der Waals surface area (Å²) in [5.74, 6) is 4.87. The largest absolute Gasteiger partial charge is 0.315 e. The SMILES string of the molecule is CNC(Cc1ncnn1C)C1CSCCS1. The van der Waals surface area contributed by atoms with Crippen LogP contribution in [0.25, 0.3) is 0 Å². The lowest BCUT2D eigenvalue weighted by Crippen LogP contribution is -2.41. The Morgan fingerprint density at radius 1 is 1.62 bits per heavy atom. The number of aromatic nitrogens is 3. The molecular weight excluding hydrogens is 240 g/mol. The van der Waals surface area contributed by atoms with E-state index in [2.05, 4.69) is 38.9 Å². The van der Waals surface area contributed by atoms with Crippen molar-refractivity contribution in [3.63, 3.8) is 0 Å². The molecule has 1 fully saturated rings. The van der Waals surface area contributed by atoms with Crippen LogP contribution >= 0.6 is 23.5 Å². The Kier molecular flexibility index (Phi) is 4.55. The number of rotatable bonds is 4. The van der Waals surface area contributed by atoms with Gasteiger partial charge in [-0.25, -0.2) is 4.98 Å². The molecule has 2 rings (SSSR count). The van der Waals surface area contributed by atoms with E-state index < -0.39 is 0 Å². The quantitative estimate of drug-likeness (QED) is 0.865. The number of likely N-dealkylation sites (N-methyl/N-ethyl adjacent to an activating group) is 1. The summed E-state index contributed by atoms with van der Waals surface area (Å²) in [4.78, 5) is 4.29. The number of hydrogen-bond donors (Lipinski definition) is 1. The maximum absolute atomic E-state index is 4.29.